The summed E-state index contributed by atoms with van der Waals surface area (Å²) in [6.07, 6.45) is 0.344. The van der Waals surface area contributed by atoms with E-state index in [9.17, 15) is 9.59 Å². The van der Waals surface area contributed by atoms with E-state index >= 15 is 0 Å². The molecule has 0 saturated heterocycles. The molecule has 0 saturated carbocycles. The van der Waals surface area contributed by atoms with Crippen LogP contribution in [0.2, 0.25) is 0 Å². The van der Waals surface area contributed by atoms with Crippen molar-refractivity contribution in [3.63, 3.8) is 0 Å². The van der Waals surface area contributed by atoms with E-state index in [1.165, 1.54) is 0 Å². The van der Waals surface area contributed by atoms with Crippen molar-refractivity contribution in [1.82, 2.24) is 10.2 Å². The Labute approximate surface area is 140 Å². The molecule has 0 atom stereocenters. The fraction of sp³-hybridized carbons (Fsp3) is 0.294. The van der Waals surface area contributed by atoms with Crippen LogP contribution in [0.15, 0.2) is 41.8 Å². The molecule has 2 amide bonds. The van der Waals surface area contributed by atoms with Gasteiger partial charge in [-0.1, -0.05) is 12.1 Å². The number of anilines is 1. The molecule has 0 aliphatic heterocycles. The highest BCUT2D eigenvalue weighted by atomic mass is 32.1. The maximum atomic E-state index is 12.1. The molecule has 0 unspecified atom stereocenters. The van der Waals surface area contributed by atoms with Gasteiger partial charge in [-0.2, -0.15) is 0 Å². The molecule has 2 rings (SSSR count). The number of benzene rings is 1. The largest absolute Gasteiger partial charge is 0.351 e. The van der Waals surface area contributed by atoms with E-state index in [0.717, 1.165) is 11.4 Å². The van der Waals surface area contributed by atoms with Crippen LogP contribution >= 0.6 is 11.3 Å². The molecule has 1 heterocycles. The van der Waals surface area contributed by atoms with Gasteiger partial charge in [-0.15, -0.1) is 11.3 Å². The molecule has 2 N–H and O–H groups in total. The predicted molar refractivity (Wildman–Crippen MR) is 94.0 cm³/mol. The minimum Gasteiger partial charge on any atom is -0.351 e. The zero-order chi connectivity index (χ0) is 16.7. The third kappa shape index (κ3) is 5.84. The highest BCUT2D eigenvalue weighted by Gasteiger charge is 2.08. The number of thiophene rings is 1. The SMILES string of the molecule is CN(C)CCNC(=O)c1cccc(NC(=O)Cc2cccs2)c1. The van der Waals surface area contributed by atoms with Gasteiger partial charge in [0, 0.05) is 29.2 Å². The predicted octanol–water partition coefficient (Wildman–Crippen LogP) is 2.22. The van der Waals surface area contributed by atoms with Crippen molar-refractivity contribution >= 4 is 28.8 Å². The van der Waals surface area contributed by atoms with Crippen molar-refractivity contribution in [3.8, 4) is 0 Å². The van der Waals surface area contributed by atoms with Gasteiger partial charge in [0.05, 0.1) is 6.42 Å². The second-order valence-corrected chi connectivity index (χ2v) is 6.48. The van der Waals surface area contributed by atoms with Crippen molar-refractivity contribution < 1.29 is 9.59 Å². The number of amides is 2. The first-order valence-corrected chi connectivity index (χ1v) is 8.28. The summed E-state index contributed by atoms with van der Waals surface area (Å²) in [5.41, 5.74) is 1.17. The number of nitrogens with zero attached hydrogens (tertiary/aromatic N) is 1. The Bertz CT molecular complexity index is 654. The van der Waals surface area contributed by atoms with Gasteiger partial charge in [-0.25, -0.2) is 0 Å². The molecular formula is C17H21N3O2S. The number of hydrogen-bond donors (Lipinski definition) is 2. The van der Waals surface area contributed by atoms with Gasteiger partial charge < -0.3 is 15.5 Å². The van der Waals surface area contributed by atoms with Crippen LogP contribution in [-0.4, -0.2) is 43.9 Å². The summed E-state index contributed by atoms with van der Waals surface area (Å²) in [6, 6.07) is 10.8. The first-order chi connectivity index (χ1) is 11.0. The Hall–Kier alpha value is -2.18. The summed E-state index contributed by atoms with van der Waals surface area (Å²) in [7, 11) is 3.91. The second kappa shape index (κ2) is 8.45. The topological polar surface area (TPSA) is 61.4 Å². The molecule has 0 radical (unpaired) electrons. The lowest BCUT2D eigenvalue weighted by Crippen LogP contribution is -2.31. The number of hydrogen-bond acceptors (Lipinski definition) is 4. The molecule has 0 fully saturated rings. The Kier molecular flexibility index (Phi) is 6.31. The Morgan fingerprint density at radius 2 is 2.00 bits per heavy atom. The summed E-state index contributed by atoms with van der Waals surface area (Å²) in [4.78, 5) is 27.1. The van der Waals surface area contributed by atoms with Crippen molar-refractivity contribution in [2.24, 2.45) is 0 Å². The minimum atomic E-state index is -0.138. The van der Waals surface area contributed by atoms with Crippen LogP contribution in [0.5, 0.6) is 0 Å². The second-order valence-electron chi connectivity index (χ2n) is 5.44. The highest BCUT2D eigenvalue weighted by molar-refractivity contribution is 7.10. The smallest absolute Gasteiger partial charge is 0.251 e. The zero-order valence-electron chi connectivity index (χ0n) is 13.3. The first kappa shape index (κ1) is 17.2. The van der Waals surface area contributed by atoms with Crippen LogP contribution in [0.4, 0.5) is 5.69 Å². The number of nitrogens with one attached hydrogen (secondary N) is 2. The number of carbonyl (C=O) groups is 2. The van der Waals surface area contributed by atoms with Crippen molar-refractivity contribution in [3.05, 3.63) is 52.2 Å². The van der Waals surface area contributed by atoms with Gasteiger partial charge in [0.1, 0.15) is 0 Å². The van der Waals surface area contributed by atoms with Crippen LogP contribution in [0.1, 0.15) is 15.2 Å². The minimum absolute atomic E-state index is 0.0855. The first-order valence-electron chi connectivity index (χ1n) is 7.40. The molecule has 2 aromatic rings. The van der Waals surface area contributed by atoms with E-state index in [1.807, 2.05) is 36.5 Å². The van der Waals surface area contributed by atoms with E-state index < -0.39 is 0 Å². The molecule has 5 nitrogen and oxygen atoms in total. The average Bonchev–Trinajstić information content (AvgIpc) is 2.99. The summed E-state index contributed by atoms with van der Waals surface area (Å²) in [5.74, 6) is -0.223. The molecule has 6 heteroatoms. The molecule has 0 aliphatic rings. The Balaban J connectivity index is 1.91. The molecule has 23 heavy (non-hydrogen) atoms. The zero-order valence-corrected chi connectivity index (χ0v) is 14.2. The third-order valence-electron chi connectivity index (χ3n) is 3.17. The third-order valence-corrected chi connectivity index (χ3v) is 4.04. The van der Waals surface area contributed by atoms with Crippen LogP contribution in [0.3, 0.4) is 0 Å². The molecule has 0 spiro atoms. The Morgan fingerprint density at radius 3 is 2.70 bits per heavy atom. The van der Waals surface area contributed by atoms with Crippen molar-refractivity contribution in [2.75, 3.05) is 32.5 Å². The molecule has 1 aromatic carbocycles. The summed E-state index contributed by atoms with van der Waals surface area (Å²) in [5, 5.41) is 7.63. The molecule has 122 valence electrons. The summed E-state index contributed by atoms with van der Waals surface area (Å²) < 4.78 is 0. The quantitative estimate of drug-likeness (QED) is 0.818. The van der Waals surface area contributed by atoms with Crippen LogP contribution in [0, 0.1) is 0 Å². The molecule has 0 bridgehead atoms. The number of carbonyl (C=O) groups excluding carboxylic acids is 2. The van der Waals surface area contributed by atoms with Gasteiger partial charge in [0.2, 0.25) is 5.91 Å². The highest BCUT2D eigenvalue weighted by Crippen LogP contribution is 2.13. The van der Waals surface area contributed by atoms with Gasteiger partial charge in [0.15, 0.2) is 0 Å². The van der Waals surface area contributed by atoms with Crippen LogP contribution in [0.25, 0.3) is 0 Å². The van der Waals surface area contributed by atoms with Crippen molar-refractivity contribution in [2.45, 2.75) is 6.42 Å². The van der Waals surface area contributed by atoms with Gasteiger partial charge in [0.25, 0.3) is 5.91 Å². The van der Waals surface area contributed by atoms with E-state index in [1.54, 1.807) is 35.6 Å². The molecule has 0 aliphatic carbocycles. The fourth-order valence-corrected chi connectivity index (χ4v) is 2.71. The lowest BCUT2D eigenvalue weighted by molar-refractivity contribution is -0.115. The van der Waals surface area contributed by atoms with E-state index in [2.05, 4.69) is 10.6 Å². The number of rotatable bonds is 7. The molecule has 1 aromatic heterocycles. The van der Waals surface area contributed by atoms with Gasteiger partial charge >= 0.3 is 0 Å². The normalized spacial score (nSPS) is 10.6. The fourth-order valence-electron chi connectivity index (χ4n) is 2.01. The van der Waals surface area contributed by atoms with E-state index in [0.29, 0.717) is 24.2 Å². The monoisotopic (exact) mass is 331 g/mol. The van der Waals surface area contributed by atoms with Crippen LogP contribution < -0.4 is 10.6 Å². The van der Waals surface area contributed by atoms with Gasteiger partial charge in [-0.05, 0) is 43.7 Å². The van der Waals surface area contributed by atoms with Crippen molar-refractivity contribution in [1.29, 1.82) is 0 Å². The Morgan fingerprint density at radius 1 is 1.17 bits per heavy atom. The van der Waals surface area contributed by atoms with E-state index in [-0.39, 0.29) is 11.8 Å². The maximum absolute atomic E-state index is 12.1. The lowest BCUT2D eigenvalue weighted by Gasteiger charge is -2.11. The number of likely N-dealkylation sites (N-methyl/N-ethyl adjacent to an activating group) is 1. The van der Waals surface area contributed by atoms with E-state index in [4.69, 9.17) is 0 Å². The standard InChI is InChI=1S/C17H21N3O2S/c1-20(2)9-8-18-17(22)13-5-3-6-14(11-13)19-16(21)12-15-7-4-10-23-15/h3-7,10-11H,8-9,12H2,1-2H3,(H,18,22)(H,19,21). The molecular weight excluding hydrogens is 310 g/mol. The van der Waals surface area contributed by atoms with Crippen LogP contribution in [-0.2, 0) is 11.2 Å². The maximum Gasteiger partial charge on any atom is 0.251 e. The average molecular weight is 331 g/mol. The summed E-state index contributed by atoms with van der Waals surface area (Å²) >= 11 is 1.55. The lowest BCUT2D eigenvalue weighted by atomic mass is 10.2. The summed E-state index contributed by atoms with van der Waals surface area (Å²) in [6.45, 7) is 1.36. The van der Waals surface area contributed by atoms with Gasteiger partial charge in [-0.3, -0.25) is 9.59 Å².